The minimum atomic E-state index is -0.782. The predicted molar refractivity (Wildman–Crippen MR) is 293 cm³/mol. The summed E-state index contributed by atoms with van der Waals surface area (Å²) in [6, 6.07) is 0. The fourth-order valence-corrected chi connectivity index (χ4v) is 8.37. The molecule has 0 aliphatic heterocycles. The van der Waals surface area contributed by atoms with E-state index in [0.717, 1.165) is 96.3 Å². The molecule has 0 radical (unpaired) electrons. The van der Waals surface area contributed by atoms with Crippen LogP contribution in [0.25, 0.3) is 0 Å². The molecule has 0 aromatic carbocycles. The number of ether oxygens (including phenoxy) is 3. The lowest BCUT2D eigenvalue weighted by atomic mass is 10.0. The SMILES string of the molecule is CC/C=C\C/C=C\C/C=C\C/C=C\CCCCCCCCC(=O)OCC(COC(=O)CCCCCCC/C=C\CCCCCC)OC(=O)CCCCCCCCCCCCCCCCCCCC. The van der Waals surface area contributed by atoms with Crippen LogP contribution in [-0.2, 0) is 28.6 Å². The van der Waals surface area contributed by atoms with Gasteiger partial charge in [0.1, 0.15) is 13.2 Å². The summed E-state index contributed by atoms with van der Waals surface area (Å²) in [5.74, 6) is -0.889. The van der Waals surface area contributed by atoms with Gasteiger partial charge in [0, 0.05) is 19.3 Å². The van der Waals surface area contributed by atoms with E-state index in [9.17, 15) is 14.4 Å². The van der Waals surface area contributed by atoms with Gasteiger partial charge in [-0.05, 0) is 83.5 Å². The molecule has 0 aromatic heterocycles. The first-order chi connectivity index (χ1) is 33.5. The Kier molecular flexibility index (Phi) is 54.3. The molecular formula is C62H110O6. The van der Waals surface area contributed by atoms with Gasteiger partial charge >= 0.3 is 17.9 Å². The molecule has 1 unspecified atom stereocenters. The zero-order chi connectivity index (χ0) is 49.3. The van der Waals surface area contributed by atoms with Crippen molar-refractivity contribution in [3.8, 4) is 0 Å². The average Bonchev–Trinajstić information content (AvgIpc) is 3.34. The predicted octanol–water partition coefficient (Wildman–Crippen LogP) is 19.6. The minimum Gasteiger partial charge on any atom is -0.462 e. The molecule has 0 saturated carbocycles. The van der Waals surface area contributed by atoms with E-state index in [1.165, 1.54) is 161 Å². The summed E-state index contributed by atoms with van der Waals surface area (Å²) in [4.78, 5) is 38.2. The first-order valence-corrected chi connectivity index (χ1v) is 29.3. The molecule has 0 N–H and O–H groups in total. The molecular weight excluding hydrogens is 841 g/mol. The molecule has 0 aromatic rings. The Hall–Kier alpha value is -2.89. The summed E-state index contributed by atoms with van der Waals surface area (Å²) < 4.78 is 16.9. The Balaban J connectivity index is 4.37. The zero-order valence-electron chi connectivity index (χ0n) is 45.1. The van der Waals surface area contributed by atoms with Gasteiger partial charge in [-0.25, -0.2) is 0 Å². The largest absolute Gasteiger partial charge is 0.462 e. The number of rotatable bonds is 53. The lowest BCUT2D eigenvalue weighted by Crippen LogP contribution is -2.30. The van der Waals surface area contributed by atoms with Gasteiger partial charge in [-0.15, -0.1) is 0 Å². The van der Waals surface area contributed by atoms with Crippen molar-refractivity contribution >= 4 is 17.9 Å². The van der Waals surface area contributed by atoms with Crippen LogP contribution >= 0.6 is 0 Å². The van der Waals surface area contributed by atoms with Gasteiger partial charge in [0.2, 0.25) is 0 Å². The van der Waals surface area contributed by atoms with Gasteiger partial charge in [-0.2, -0.15) is 0 Å². The molecule has 0 saturated heterocycles. The molecule has 394 valence electrons. The molecule has 0 rings (SSSR count). The molecule has 0 amide bonds. The standard InChI is InChI=1S/C62H110O6/c1-4-7-10-13-16-19-22-25-27-29-31-33-34-37-40-43-46-49-52-55-61(64)67-58-59(57-66-60(63)54-51-48-45-42-39-36-24-21-18-15-12-9-6-3)68-62(65)56-53-50-47-44-41-38-35-32-30-28-26-23-20-17-14-11-8-5-2/h7,10,16,19,21,24-25,27,31,33,59H,4-6,8-9,11-15,17-18,20,22-23,26,28-30,32,34-58H2,1-3H3/b10-7-,19-16-,24-21-,27-25-,33-31-. The first kappa shape index (κ1) is 65.1. The van der Waals surface area contributed by atoms with Crippen molar-refractivity contribution in [2.45, 2.75) is 303 Å². The molecule has 0 fully saturated rings. The molecule has 0 spiro atoms. The molecule has 6 heteroatoms. The number of esters is 3. The highest BCUT2D eigenvalue weighted by Gasteiger charge is 2.19. The van der Waals surface area contributed by atoms with Crippen LogP contribution in [0.3, 0.4) is 0 Å². The average molecular weight is 952 g/mol. The van der Waals surface area contributed by atoms with Gasteiger partial charge in [0.05, 0.1) is 0 Å². The van der Waals surface area contributed by atoms with Gasteiger partial charge in [0.15, 0.2) is 6.10 Å². The normalized spacial score (nSPS) is 12.5. The quantitative estimate of drug-likeness (QED) is 0.0262. The Morgan fingerprint density at radius 3 is 0.926 bits per heavy atom. The van der Waals surface area contributed by atoms with Crippen molar-refractivity contribution in [2.75, 3.05) is 13.2 Å². The van der Waals surface area contributed by atoms with Gasteiger partial charge in [0.25, 0.3) is 0 Å². The molecule has 0 aliphatic carbocycles. The van der Waals surface area contributed by atoms with Crippen LogP contribution < -0.4 is 0 Å². The van der Waals surface area contributed by atoms with Crippen molar-refractivity contribution < 1.29 is 28.6 Å². The summed E-state index contributed by atoms with van der Waals surface area (Å²) in [5.41, 5.74) is 0. The van der Waals surface area contributed by atoms with Gasteiger partial charge < -0.3 is 14.2 Å². The summed E-state index contributed by atoms with van der Waals surface area (Å²) in [6.07, 6.45) is 70.7. The van der Waals surface area contributed by atoms with Crippen LogP contribution in [0.15, 0.2) is 60.8 Å². The van der Waals surface area contributed by atoms with E-state index in [1.807, 2.05) is 0 Å². The van der Waals surface area contributed by atoms with E-state index < -0.39 is 6.10 Å². The highest BCUT2D eigenvalue weighted by molar-refractivity contribution is 5.71. The van der Waals surface area contributed by atoms with Crippen LogP contribution in [0, 0.1) is 0 Å². The Morgan fingerprint density at radius 2 is 0.574 bits per heavy atom. The minimum absolute atomic E-state index is 0.0807. The third-order valence-corrected chi connectivity index (χ3v) is 12.8. The van der Waals surface area contributed by atoms with E-state index in [0.29, 0.717) is 19.3 Å². The fraction of sp³-hybridized carbons (Fsp3) is 0.790. The van der Waals surface area contributed by atoms with E-state index >= 15 is 0 Å². The Bertz CT molecular complexity index is 1230. The van der Waals surface area contributed by atoms with Crippen LogP contribution in [-0.4, -0.2) is 37.2 Å². The smallest absolute Gasteiger partial charge is 0.306 e. The molecule has 68 heavy (non-hydrogen) atoms. The summed E-state index contributed by atoms with van der Waals surface area (Å²) in [6.45, 7) is 6.53. The van der Waals surface area contributed by atoms with E-state index in [-0.39, 0.29) is 31.1 Å². The molecule has 0 bridgehead atoms. The van der Waals surface area contributed by atoms with E-state index in [4.69, 9.17) is 14.2 Å². The number of unbranched alkanes of at least 4 members (excludes halogenated alkanes) is 32. The van der Waals surface area contributed by atoms with Crippen molar-refractivity contribution in [3.63, 3.8) is 0 Å². The van der Waals surface area contributed by atoms with E-state index in [2.05, 4.69) is 81.5 Å². The van der Waals surface area contributed by atoms with Crippen molar-refractivity contribution in [1.82, 2.24) is 0 Å². The number of hydrogen-bond donors (Lipinski definition) is 0. The molecule has 0 aliphatic rings. The number of carbonyl (C=O) groups excluding carboxylic acids is 3. The van der Waals surface area contributed by atoms with Gasteiger partial charge in [-0.1, -0.05) is 255 Å². The summed E-state index contributed by atoms with van der Waals surface area (Å²) in [7, 11) is 0. The second-order valence-corrected chi connectivity index (χ2v) is 19.5. The second kappa shape index (κ2) is 56.7. The molecule has 0 heterocycles. The number of allylic oxidation sites excluding steroid dienone is 10. The second-order valence-electron chi connectivity index (χ2n) is 19.5. The summed E-state index contributed by atoms with van der Waals surface area (Å²) >= 11 is 0. The lowest BCUT2D eigenvalue weighted by molar-refractivity contribution is -0.167. The van der Waals surface area contributed by atoms with Gasteiger partial charge in [-0.3, -0.25) is 14.4 Å². The fourth-order valence-electron chi connectivity index (χ4n) is 8.37. The monoisotopic (exact) mass is 951 g/mol. The topological polar surface area (TPSA) is 78.9 Å². The Morgan fingerprint density at radius 1 is 0.309 bits per heavy atom. The number of carbonyl (C=O) groups is 3. The number of hydrogen-bond acceptors (Lipinski definition) is 6. The first-order valence-electron chi connectivity index (χ1n) is 29.3. The zero-order valence-corrected chi connectivity index (χ0v) is 45.1. The maximum atomic E-state index is 12.9. The van der Waals surface area contributed by atoms with Crippen LogP contribution in [0.2, 0.25) is 0 Å². The maximum absolute atomic E-state index is 12.9. The summed E-state index contributed by atoms with van der Waals surface area (Å²) in [5, 5.41) is 0. The molecule has 6 nitrogen and oxygen atoms in total. The third-order valence-electron chi connectivity index (χ3n) is 12.8. The van der Waals surface area contributed by atoms with Crippen molar-refractivity contribution in [3.05, 3.63) is 60.8 Å². The van der Waals surface area contributed by atoms with Crippen LogP contribution in [0.1, 0.15) is 297 Å². The Labute approximate surface area is 421 Å². The van der Waals surface area contributed by atoms with E-state index in [1.54, 1.807) is 0 Å². The third kappa shape index (κ3) is 54.1. The lowest BCUT2D eigenvalue weighted by Gasteiger charge is -2.18. The highest BCUT2D eigenvalue weighted by Crippen LogP contribution is 2.16. The van der Waals surface area contributed by atoms with Crippen LogP contribution in [0.4, 0.5) is 0 Å². The highest BCUT2D eigenvalue weighted by atomic mass is 16.6. The van der Waals surface area contributed by atoms with Crippen molar-refractivity contribution in [2.24, 2.45) is 0 Å². The van der Waals surface area contributed by atoms with Crippen molar-refractivity contribution in [1.29, 1.82) is 0 Å². The maximum Gasteiger partial charge on any atom is 0.306 e. The van der Waals surface area contributed by atoms with Crippen LogP contribution in [0.5, 0.6) is 0 Å². The molecule has 1 atom stereocenters.